The number of hydrogen-bond acceptors (Lipinski definition) is 5. The molecule has 0 saturated heterocycles. The van der Waals surface area contributed by atoms with E-state index in [4.69, 9.17) is 15.9 Å². The normalized spacial score (nSPS) is 12.7. The van der Waals surface area contributed by atoms with Gasteiger partial charge < -0.3 is 9.47 Å². The van der Waals surface area contributed by atoms with Gasteiger partial charge in [0.15, 0.2) is 0 Å². The zero-order valence-corrected chi connectivity index (χ0v) is 19.9. The summed E-state index contributed by atoms with van der Waals surface area (Å²) in [7, 11) is -2.59. The quantitative estimate of drug-likeness (QED) is 0.338. The molecule has 32 heavy (non-hydrogen) atoms. The van der Waals surface area contributed by atoms with Gasteiger partial charge in [0.25, 0.3) is 0 Å². The standard InChI is InChI=1S/C25H29NO5S/c1-8-16-26(32(28,29)22-14-12-18(2)13-15-22)23(19(3)24(27)31-25(4,5)6)20-10-9-11-21(17-20)30-7/h1,9-15,17,23H,3,16H2,2,4-7H3. The second-order valence-corrected chi connectivity index (χ2v) is 10.2. The van der Waals surface area contributed by atoms with Crippen molar-refractivity contribution in [2.45, 2.75) is 44.2 Å². The Hall–Kier alpha value is -3.08. The van der Waals surface area contributed by atoms with Crippen LogP contribution in [0.3, 0.4) is 0 Å². The fourth-order valence-electron chi connectivity index (χ4n) is 3.06. The Bertz CT molecular complexity index is 1120. The predicted molar refractivity (Wildman–Crippen MR) is 125 cm³/mol. The number of terminal acetylenes is 1. The van der Waals surface area contributed by atoms with Crippen LogP contribution < -0.4 is 4.74 Å². The Morgan fingerprint density at radius 2 is 1.81 bits per heavy atom. The van der Waals surface area contributed by atoms with Gasteiger partial charge in [-0.25, -0.2) is 13.2 Å². The van der Waals surface area contributed by atoms with E-state index in [9.17, 15) is 13.2 Å². The first-order chi connectivity index (χ1) is 14.9. The summed E-state index contributed by atoms with van der Waals surface area (Å²) in [5.74, 6) is 2.18. The van der Waals surface area contributed by atoms with E-state index < -0.39 is 27.6 Å². The lowest BCUT2D eigenvalue weighted by atomic mass is 9.99. The van der Waals surface area contributed by atoms with E-state index in [1.807, 2.05) is 6.92 Å². The highest BCUT2D eigenvalue weighted by atomic mass is 32.2. The number of benzene rings is 2. The number of rotatable bonds is 8. The van der Waals surface area contributed by atoms with Gasteiger partial charge >= 0.3 is 5.97 Å². The maximum Gasteiger partial charge on any atom is 0.335 e. The maximum absolute atomic E-state index is 13.6. The van der Waals surface area contributed by atoms with Crippen LogP contribution in [0, 0.1) is 19.3 Å². The third-order valence-electron chi connectivity index (χ3n) is 4.56. The average Bonchev–Trinajstić information content (AvgIpc) is 2.72. The highest BCUT2D eigenvalue weighted by Gasteiger charge is 2.37. The first-order valence-corrected chi connectivity index (χ1v) is 11.4. The van der Waals surface area contributed by atoms with Gasteiger partial charge in [-0.05, 0) is 57.5 Å². The van der Waals surface area contributed by atoms with Crippen LogP contribution in [0.25, 0.3) is 0 Å². The summed E-state index contributed by atoms with van der Waals surface area (Å²) >= 11 is 0. The highest BCUT2D eigenvalue weighted by molar-refractivity contribution is 7.89. The van der Waals surface area contributed by atoms with E-state index >= 15 is 0 Å². The van der Waals surface area contributed by atoms with Crippen LogP contribution in [-0.4, -0.2) is 37.9 Å². The monoisotopic (exact) mass is 455 g/mol. The Balaban J connectivity index is 2.68. The molecule has 0 N–H and O–H groups in total. The maximum atomic E-state index is 13.6. The number of ether oxygens (including phenoxy) is 2. The molecule has 0 aromatic heterocycles. The lowest BCUT2D eigenvalue weighted by Gasteiger charge is -2.32. The summed E-state index contributed by atoms with van der Waals surface area (Å²) < 4.78 is 39.1. The molecule has 0 spiro atoms. The fraction of sp³-hybridized carbons (Fsp3) is 0.320. The first kappa shape index (κ1) is 25.2. The molecule has 2 aromatic carbocycles. The summed E-state index contributed by atoms with van der Waals surface area (Å²) in [6, 6.07) is 12.1. The molecule has 7 heteroatoms. The van der Waals surface area contributed by atoms with Gasteiger partial charge in [0, 0.05) is 0 Å². The van der Waals surface area contributed by atoms with Crippen molar-refractivity contribution in [2.24, 2.45) is 0 Å². The van der Waals surface area contributed by atoms with Crippen LogP contribution in [-0.2, 0) is 19.6 Å². The van der Waals surface area contributed by atoms with E-state index in [1.165, 1.54) is 19.2 Å². The molecule has 0 aliphatic heterocycles. The van der Waals surface area contributed by atoms with E-state index in [0.717, 1.165) is 9.87 Å². The van der Waals surface area contributed by atoms with Crippen LogP contribution in [0.15, 0.2) is 65.6 Å². The minimum atomic E-state index is -4.09. The Morgan fingerprint density at radius 1 is 1.19 bits per heavy atom. The van der Waals surface area contributed by atoms with Gasteiger partial charge in [-0.2, -0.15) is 4.31 Å². The molecule has 0 amide bonds. The predicted octanol–water partition coefficient (Wildman–Crippen LogP) is 4.27. The van der Waals surface area contributed by atoms with E-state index in [1.54, 1.807) is 57.2 Å². The van der Waals surface area contributed by atoms with Crippen molar-refractivity contribution >= 4 is 16.0 Å². The number of sulfonamides is 1. The van der Waals surface area contributed by atoms with Gasteiger partial charge in [-0.1, -0.05) is 42.3 Å². The zero-order chi connectivity index (χ0) is 24.1. The van der Waals surface area contributed by atoms with Gasteiger partial charge in [0.1, 0.15) is 11.4 Å². The van der Waals surface area contributed by atoms with Crippen LogP contribution in [0.5, 0.6) is 5.75 Å². The molecule has 0 bridgehead atoms. The van der Waals surface area contributed by atoms with E-state index in [0.29, 0.717) is 11.3 Å². The molecule has 0 radical (unpaired) electrons. The molecular formula is C25H29NO5S. The topological polar surface area (TPSA) is 72.9 Å². The van der Waals surface area contributed by atoms with Crippen molar-refractivity contribution in [3.05, 3.63) is 71.8 Å². The van der Waals surface area contributed by atoms with Crippen molar-refractivity contribution in [2.75, 3.05) is 13.7 Å². The largest absolute Gasteiger partial charge is 0.497 e. The lowest BCUT2D eigenvalue weighted by molar-refractivity contribution is -0.150. The van der Waals surface area contributed by atoms with Crippen LogP contribution in [0.4, 0.5) is 0 Å². The van der Waals surface area contributed by atoms with Gasteiger partial charge in [-0.3, -0.25) is 0 Å². The summed E-state index contributed by atoms with van der Waals surface area (Å²) in [6.45, 7) is 10.7. The van der Waals surface area contributed by atoms with Gasteiger partial charge in [0.05, 0.1) is 30.2 Å². The molecule has 0 saturated carbocycles. The number of hydrogen-bond donors (Lipinski definition) is 0. The second kappa shape index (κ2) is 10.0. The minimum Gasteiger partial charge on any atom is -0.497 e. The smallest absolute Gasteiger partial charge is 0.335 e. The molecule has 1 unspecified atom stereocenters. The van der Waals surface area contributed by atoms with Crippen molar-refractivity contribution in [1.82, 2.24) is 4.31 Å². The Kier molecular flexibility index (Phi) is 7.89. The molecule has 170 valence electrons. The molecule has 0 aliphatic rings. The minimum absolute atomic E-state index is 0.0564. The van der Waals surface area contributed by atoms with Crippen LogP contribution >= 0.6 is 0 Å². The fourth-order valence-corrected chi connectivity index (χ4v) is 4.58. The molecule has 1 atom stereocenters. The van der Waals surface area contributed by atoms with Crippen LogP contribution in [0.2, 0.25) is 0 Å². The number of aryl methyl sites for hydroxylation is 1. The molecule has 0 aliphatic carbocycles. The molecule has 2 rings (SSSR count). The number of carbonyl (C=O) groups is 1. The number of nitrogens with zero attached hydrogens (tertiary/aromatic N) is 1. The molecule has 0 fully saturated rings. The van der Waals surface area contributed by atoms with Crippen molar-refractivity contribution in [1.29, 1.82) is 0 Å². The lowest BCUT2D eigenvalue weighted by Crippen LogP contribution is -2.38. The highest BCUT2D eigenvalue weighted by Crippen LogP contribution is 2.35. The van der Waals surface area contributed by atoms with Gasteiger partial charge in [0.2, 0.25) is 10.0 Å². The molecule has 6 nitrogen and oxygen atoms in total. The van der Waals surface area contributed by atoms with E-state index in [-0.39, 0.29) is 17.0 Å². The Labute approximate surface area is 190 Å². The molecule has 2 aromatic rings. The van der Waals surface area contributed by atoms with E-state index in [2.05, 4.69) is 12.5 Å². The third-order valence-corrected chi connectivity index (χ3v) is 6.39. The number of methoxy groups -OCH3 is 1. The average molecular weight is 456 g/mol. The van der Waals surface area contributed by atoms with Crippen molar-refractivity contribution in [3.63, 3.8) is 0 Å². The van der Waals surface area contributed by atoms with Crippen molar-refractivity contribution in [3.8, 4) is 18.1 Å². The first-order valence-electron chi connectivity index (χ1n) is 9.99. The summed E-state index contributed by atoms with van der Waals surface area (Å²) in [5.41, 5.74) is 0.548. The van der Waals surface area contributed by atoms with Crippen molar-refractivity contribution < 1.29 is 22.7 Å². The SMILES string of the molecule is C#CCN(C(C(=C)C(=O)OC(C)(C)C)c1cccc(OC)c1)S(=O)(=O)c1ccc(C)cc1. The number of esters is 1. The van der Waals surface area contributed by atoms with Crippen LogP contribution in [0.1, 0.15) is 37.9 Å². The van der Waals surface area contributed by atoms with Gasteiger partial charge in [-0.15, -0.1) is 6.42 Å². The third kappa shape index (κ3) is 6.00. The summed E-state index contributed by atoms with van der Waals surface area (Å²) in [4.78, 5) is 13.0. The summed E-state index contributed by atoms with van der Waals surface area (Å²) in [6.07, 6.45) is 5.55. The second-order valence-electron chi connectivity index (χ2n) is 8.27. The number of carbonyl (C=O) groups excluding carboxylic acids is 1. The molecule has 0 heterocycles. The molecular weight excluding hydrogens is 426 g/mol. The zero-order valence-electron chi connectivity index (χ0n) is 19.1. The Morgan fingerprint density at radius 3 is 2.34 bits per heavy atom. The summed E-state index contributed by atoms with van der Waals surface area (Å²) in [5, 5.41) is 0.